The molecule has 0 spiro atoms. The van der Waals surface area contributed by atoms with Gasteiger partial charge in [-0.2, -0.15) is 0 Å². The quantitative estimate of drug-likeness (QED) is 0.247. The number of hydrogen-bond acceptors (Lipinski definition) is 4. The molecule has 0 amide bonds. The normalized spacial score (nSPS) is 11.1. The predicted octanol–water partition coefficient (Wildman–Crippen LogP) is 1.95. The maximum Gasteiger partial charge on any atom is 0.191 e. The Kier molecular flexibility index (Phi) is 13.7. The third-order valence-corrected chi connectivity index (χ3v) is 3.52. The van der Waals surface area contributed by atoms with Gasteiger partial charge in [0, 0.05) is 46.9 Å². The van der Waals surface area contributed by atoms with Crippen molar-refractivity contribution in [2.45, 2.75) is 13.0 Å². The zero-order chi connectivity index (χ0) is 16.9. The summed E-state index contributed by atoms with van der Waals surface area (Å²) in [6.45, 7) is 4.39. The second-order valence-electron chi connectivity index (χ2n) is 5.35. The first-order valence-corrected chi connectivity index (χ1v) is 7.94. The van der Waals surface area contributed by atoms with Crippen LogP contribution in [0.1, 0.15) is 12.0 Å². The van der Waals surface area contributed by atoms with E-state index in [4.69, 9.17) is 9.47 Å². The number of nitrogens with zero attached hydrogens (tertiary/aromatic N) is 2. The average Bonchev–Trinajstić information content (AvgIpc) is 2.58. The lowest BCUT2D eigenvalue weighted by Gasteiger charge is -2.18. The molecule has 0 aromatic heterocycles. The maximum absolute atomic E-state index is 5.16. The maximum atomic E-state index is 5.16. The summed E-state index contributed by atoms with van der Waals surface area (Å²) in [6, 6.07) is 8.01. The number of methoxy groups -OCH3 is 2. The Bertz CT molecular complexity index is 454. The highest BCUT2D eigenvalue weighted by atomic mass is 127. The minimum atomic E-state index is 0. The summed E-state index contributed by atoms with van der Waals surface area (Å²) in [5, 5.41) is 6.63. The fourth-order valence-corrected chi connectivity index (χ4v) is 2.11. The molecule has 0 heterocycles. The Morgan fingerprint density at radius 2 is 1.83 bits per heavy atom. The molecule has 2 N–H and O–H groups in total. The predicted molar refractivity (Wildman–Crippen MR) is 111 cm³/mol. The number of nitrogens with one attached hydrogen (secondary N) is 2. The van der Waals surface area contributed by atoms with Crippen LogP contribution >= 0.6 is 24.0 Å². The summed E-state index contributed by atoms with van der Waals surface area (Å²) >= 11 is 0. The van der Waals surface area contributed by atoms with E-state index in [0.717, 1.165) is 50.9 Å². The van der Waals surface area contributed by atoms with Crippen LogP contribution in [0.2, 0.25) is 0 Å². The van der Waals surface area contributed by atoms with E-state index in [1.807, 2.05) is 24.3 Å². The molecular weight excluding hydrogens is 419 g/mol. The van der Waals surface area contributed by atoms with Crippen LogP contribution in [0.4, 0.5) is 0 Å². The van der Waals surface area contributed by atoms with Crippen molar-refractivity contribution in [2.24, 2.45) is 4.99 Å². The lowest BCUT2D eigenvalue weighted by Crippen LogP contribution is -2.40. The molecule has 7 heteroatoms. The molecule has 1 aromatic rings. The van der Waals surface area contributed by atoms with Gasteiger partial charge in [-0.15, -0.1) is 24.0 Å². The van der Waals surface area contributed by atoms with Gasteiger partial charge in [-0.05, 0) is 31.2 Å². The van der Waals surface area contributed by atoms with Crippen molar-refractivity contribution >= 4 is 29.9 Å². The number of ether oxygens (including phenoxy) is 2. The SMILES string of the molecule is CN=C(NCCN(C)CCCOC)NCc1ccc(OC)cc1.I. The lowest BCUT2D eigenvalue weighted by atomic mass is 10.2. The van der Waals surface area contributed by atoms with E-state index in [-0.39, 0.29) is 24.0 Å². The smallest absolute Gasteiger partial charge is 0.191 e. The Balaban J connectivity index is 0.00000529. The van der Waals surface area contributed by atoms with Crippen molar-refractivity contribution in [3.8, 4) is 5.75 Å². The van der Waals surface area contributed by atoms with E-state index < -0.39 is 0 Å². The van der Waals surface area contributed by atoms with Crippen molar-refractivity contribution in [3.05, 3.63) is 29.8 Å². The second-order valence-corrected chi connectivity index (χ2v) is 5.35. The van der Waals surface area contributed by atoms with Gasteiger partial charge in [0.2, 0.25) is 0 Å². The molecule has 138 valence electrons. The van der Waals surface area contributed by atoms with Crippen LogP contribution in [0.3, 0.4) is 0 Å². The minimum Gasteiger partial charge on any atom is -0.497 e. The zero-order valence-electron chi connectivity index (χ0n) is 15.2. The minimum absolute atomic E-state index is 0. The molecule has 0 radical (unpaired) electrons. The fraction of sp³-hybridized carbons (Fsp3) is 0.588. The molecule has 0 atom stereocenters. The number of aliphatic imine (C=N–C) groups is 1. The molecule has 0 aliphatic heterocycles. The number of rotatable bonds is 10. The van der Waals surface area contributed by atoms with Crippen molar-refractivity contribution in [3.63, 3.8) is 0 Å². The Hall–Kier alpha value is -1.06. The monoisotopic (exact) mass is 450 g/mol. The van der Waals surface area contributed by atoms with Gasteiger partial charge in [-0.1, -0.05) is 12.1 Å². The summed E-state index contributed by atoms with van der Waals surface area (Å²) in [7, 11) is 7.31. The molecular formula is C17H31IN4O2. The number of guanidine groups is 1. The summed E-state index contributed by atoms with van der Waals surface area (Å²) in [5.74, 6) is 1.68. The van der Waals surface area contributed by atoms with E-state index in [2.05, 4.69) is 27.6 Å². The molecule has 0 fully saturated rings. The molecule has 1 rings (SSSR count). The topological polar surface area (TPSA) is 58.1 Å². The Labute approximate surface area is 163 Å². The third-order valence-electron chi connectivity index (χ3n) is 3.52. The van der Waals surface area contributed by atoms with Crippen LogP contribution in [-0.4, -0.2) is 65.4 Å². The first-order chi connectivity index (χ1) is 11.2. The van der Waals surface area contributed by atoms with E-state index in [0.29, 0.717) is 0 Å². The highest BCUT2D eigenvalue weighted by Gasteiger charge is 2.01. The standard InChI is InChI=1S/C17H30N4O2.HI/c1-18-17(19-10-12-21(2)11-5-13-22-3)20-14-15-6-8-16(23-4)9-7-15;/h6-9H,5,10-14H2,1-4H3,(H2,18,19,20);1H. The van der Waals surface area contributed by atoms with Crippen molar-refractivity contribution in [1.29, 1.82) is 0 Å². The van der Waals surface area contributed by atoms with E-state index in [1.165, 1.54) is 5.56 Å². The molecule has 0 aliphatic rings. The van der Waals surface area contributed by atoms with Crippen LogP contribution < -0.4 is 15.4 Å². The fourth-order valence-electron chi connectivity index (χ4n) is 2.11. The van der Waals surface area contributed by atoms with Gasteiger partial charge >= 0.3 is 0 Å². The van der Waals surface area contributed by atoms with Crippen molar-refractivity contribution in [2.75, 3.05) is 54.6 Å². The highest BCUT2D eigenvalue weighted by Crippen LogP contribution is 2.10. The zero-order valence-corrected chi connectivity index (χ0v) is 17.5. The highest BCUT2D eigenvalue weighted by molar-refractivity contribution is 14.0. The Morgan fingerprint density at radius 1 is 1.12 bits per heavy atom. The summed E-state index contributed by atoms with van der Waals surface area (Å²) in [6.07, 6.45) is 1.05. The van der Waals surface area contributed by atoms with E-state index in [1.54, 1.807) is 21.3 Å². The summed E-state index contributed by atoms with van der Waals surface area (Å²) < 4.78 is 10.2. The molecule has 0 aliphatic carbocycles. The van der Waals surface area contributed by atoms with Crippen molar-refractivity contribution < 1.29 is 9.47 Å². The molecule has 1 aromatic carbocycles. The number of likely N-dealkylation sites (N-methyl/N-ethyl adjacent to an activating group) is 1. The van der Waals surface area contributed by atoms with Crippen molar-refractivity contribution in [1.82, 2.24) is 15.5 Å². The largest absolute Gasteiger partial charge is 0.497 e. The van der Waals surface area contributed by atoms with Gasteiger partial charge in [-0.25, -0.2) is 0 Å². The first-order valence-electron chi connectivity index (χ1n) is 7.94. The molecule has 0 bridgehead atoms. The van der Waals surface area contributed by atoms with Gasteiger partial charge in [-0.3, -0.25) is 4.99 Å². The van der Waals surface area contributed by atoms with Crippen LogP contribution in [0.15, 0.2) is 29.3 Å². The van der Waals surface area contributed by atoms with Gasteiger partial charge in [0.1, 0.15) is 5.75 Å². The van der Waals surface area contributed by atoms with Crippen LogP contribution in [0.25, 0.3) is 0 Å². The molecule has 0 saturated carbocycles. The molecule has 0 saturated heterocycles. The number of halogens is 1. The second kappa shape index (κ2) is 14.3. The van der Waals surface area contributed by atoms with Gasteiger partial charge < -0.3 is 25.0 Å². The first kappa shape index (κ1) is 22.9. The molecule has 0 unspecified atom stereocenters. The molecule has 6 nitrogen and oxygen atoms in total. The van der Waals surface area contributed by atoms with Gasteiger partial charge in [0.25, 0.3) is 0 Å². The molecule has 24 heavy (non-hydrogen) atoms. The lowest BCUT2D eigenvalue weighted by molar-refractivity contribution is 0.180. The van der Waals surface area contributed by atoms with Gasteiger partial charge in [0.05, 0.1) is 7.11 Å². The van der Waals surface area contributed by atoms with Crippen LogP contribution in [0, 0.1) is 0 Å². The van der Waals surface area contributed by atoms with Gasteiger partial charge in [0.15, 0.2) is 5.96 Å². The van der Waals surface area contributed by atoms with Crippen LogP contribution in [-0.2, 0) is 11.3 Å². The number of benzene rings is 1. The third kappa shape index (κ3) is 9.94. The van der Waals surface area contributed by atoms with Crippen LogP contribution in [0.5, 0.6) is 5.75 Å². The number of hydrogen-bond donors (Lipinski definition) is 2. The summed E-state index contributed by atoms with van der Waals surface area (Å²) in [5.41, 5.74) is 1.19. The summed E-state index contributed by atoms with van der Waals surface area (Å²) in [4.78, 5) is 6.52. The Morgan fingerprint density at radius 3 is 2.42 bits per heavy atom. The van der Waals surface area contributed by atoms with E-state index in [9.17, 15) is 0 Å². The average molecular weight is 450 g/mol. The van der Waals surface area contributed by atoms with E-state index >= 15 is 0 Å².